The van der Waals surface area contributed by atoms with Crippen molar-refractivity contribution in [1.82, 2.24) is 0 Å². The highest BCUT2D eigenvalue weighted by Gasteiger charge is 2.52. The molecule has 1 aliphatic heterocycles. The van der Waals surface area contributed by atoms with E-state index in [0.717, 1.165) is 0 Å². The highest BCUT2D eigenvalue weighted by atomic mass is 127. The molecular weight excluding hydrogens is 471 g/mol. The lowest BCUT2D eigenvalue weighted by Crippen LogP contribution is -2.63. The topological polar surface area (TPSA) is 97.4 Å². The van der Waals surface area contributed by atoms with Gasteiger partial charge in [-0.25, -0.2) is 0 Å². The van der Waals surface area contributed by atoms with Crippen LogP contribution in [-0.2, 0) is 33.3 Å². The van der Waals surface area contributed by atoms with Crippen LogP contribution in [0.5, 0.6) is 5.75 Å². The molecule has 0 saturated carbocycles. The average Bonchev–Trinajstić information content (AvgIpc) is 2.59. The molecule has 0 aliphatic carbocycles. The fourth-order valence-electron chi connectivity index (χ4n) is 2.71. The minimum Gasteiger partial charge on any atom is -0.461 e. The first-order chi connectivity index (χ1) is 12.8. The molecule has 0 radical (unpaired) electrons. The van der Waals surface area contributed by atoms with Crippen LogP contribution < -0.4 is 4.74 Å². The van der Waals surface area contributed by atoms with E-state index in [4.69, 9.17) is 23.7 Å². The number of rotatable bonds is 6. The standard InChI is InChI=1S/C18H21IO8/c1-10(20)23-15-14(9-19)27-18(26-13-7-5-4-6-8-13)17(25-12(3)22)16(15)24-11(2)21/h4-8,14-18H,9H2,1-3H3/t14-,15+,16+,17-,18+/m1/s1. The van der Waals surface area contributed by atoms with Crippen molar-refractivity contribution in [3.05, 3.63) is 30.3 Å². The van der Waals surface area contributed by atoms with Crippen LogP contribution in [0.1, 0.15) is 20.8 Å². The van der Waals surface area contributed by atoms with Gasteiger partial charge in [0.15, 0.2) is 12.2 Å². The number of carbonyl (C=O) groups is 3. The predicted molar refractivity (Wildman–Crippen MR) is 101 cm³/mol. The van der Waals surface area contributed by atoms with Crippen LogP contribution in [-0.4, -0.2) is 53.0 Å². The van der Waals surface area contributed by atoms with E-state index in [2.05, 4.69) is 22.6 Å². The van der Waals surface area contributed by atoms with Crippen molar-refractivity contribution in [3.8, 4) is 5.75 Å². The van der Waals surface area contributed by atoms with Crippen LogP contribution in [0.15, 0.2) is 30.3 Å². The molecule has 2 rings (SSSR count). The van der Waals surface area contributed by atoms with Crippen molar-refractivity contribution in [1.29, 1.82) is 0 Å². The molecule has 1 aromatic carbocycles. The van der Waals surface area contributed by atoms with Crippen molar-refractivity contribution < 1.29 is 38.1 Å². The van der Waals surface area contributed by atoms with Gasteiger partial charge in [0.2, 0.25) is 12.4 Å². The van der Waals surface area contributed by atoms with E-state index in [1.165, 1.54) is 20.8 Å². The molecule has 0 aromatic heterocycles. The third kappa shape index (κ3) is 6.06. The van der Waals surface area contributed by atoms with E-state index in [1.54, 1.807) is 24.3 Å². The molecule has 1 aliphatic rings. The van der Waals surface area contributed by atoms with Crippen LogP contribution in [0, 0.1) is 0 Å². The molecule has 1 heterocycles. The molecule has 8 nitrogen and oxygen atoms in total. The first-order valence-electron chi connectivity index (χ1n) is 8.26. The summed E-state index contributed by atoms with van der Waals surface area (Å²) >= 11 is 2.07. The van der Waals surface area contributed by atoms with Gasteiger partial charge in [-0.3, -0.25) is 14.4 Å². The fraction of sp³-hybridized carbons (Fsp3) is 0.500. The van der Waals surface area contributed by atoms with Crippen molar-refractivity contribution in [2.24, 2.45) is 0 Å². The van der Waals surface area contributed by atoms with Gasteiger partial charge in [0.05, 0.1) is 0 Å². The molecule has 1 fully saturated rings. The fourth-order valence-corrected chi connectivity index (χ4v) is 3.42. The normalized spacial score (nSPS) is 27.3. The van der Waals surface area contributed by atoms with E-state index < -0.39 is 48.6 Å². The number of hydrogen-bond donors (Lipinski definition) is 0. The number of hydrogen-bond acceptors (Lipinski definition) is 8. The van der Waals surface area contributed by atoms with E-state index in [0.29, 0.717) is 10.2 Å². The first kappa shape index (κ1) is 21.4. The lowest BCUT2D eigenvalue weighted by atomic mass is 9.99. The Labute approximate surface area is 170 Å². The third-order valence-corrected chi connectivity index (χ3v) is 4.51. The van der Waals surface area contributed by atoms with Gasteiger partial charge in [-0.15, -0.1) is 0 Å². The van der Waals surface area contributed by atoms with E-state index in [1.807, 2.05) is 6.07 Å². The number of alkyl halides is 1. The highest BCUT2D eigenvalue weighted by molar-refractivity contribution is 14.1. The molecule has 0 spiro atoms. The zero-order valence-corrected chi connectivity index (χ0v) is 17.3. The number of esters is 3. The summed E-state index contributed by atoms with van der Waals surface area (Å²) in [5.41, 5.74) is 0. The second-order valence-electron chi connectivity index (χ2n) is 5.85. The molecule has 27 heavy (non-hydrogen) atoms. The zero-order chi connectivity index (χ0) is 20.0. The van der Waals surface area contributed by atoms with Crippen molar-refractivity contribution in [2.45, 2.75) is 51.5 Å². The van der Waals surface area contributed by atoms with E-state index >= 15 is 0 Å². The Hall–Kier alpha value is -1.88. The van der Waals surface area contributed by atoms with E-state index in [9.17, 15) is 14.4 Å². The summed E-state index contributed by atoms with van der Waals surface area (Å²) in [5, 5.41) is 0. The summed E-state index contributed by atoms with van der Waals surface area (Å²) in [6.45, 7) is 3.68. The minimum atomic E-state index is -1.12. The Morgan fingerprint density at radius 1 is 0.889 bits per heavy atom. The Bertz CT molecular complexity index is 665. The van der Waals surface area contributed by atoms with Gasteiger partial charge < -0.3 is 23.7 Å². The van der Waals surface area contributed by atoms with Gasteiger partial charge in [0.25, 0.3) is 0 Å². The third-order valence-electron chi connectivity index (χ3n) is 3.64. The quantitative estimate of drug-likeness (QED) is 0.258. The van der Waals surface area contributed by atoms with Crippen LogP contribution in [0.25, 0.3) is 0 Å². The molecular formula is C18H21IO8. The van der Waals surface area contributed by atoms with Gasteiger partial charge in [-0.05, 0) is 12.1 Å². The lowest BCUT2D eigenvalue weighted by molar-refractivity contribution is -0.279. The Morgan fingerprint density at radius 3 is 1.93 bits per heavy atom. The maximum atomic E-state index is 11.6. The zero-order valence-electron chi connectivity index (χ0n) is 15.1. The molecule has 0 unspecified atom stereocenters. The Morgan fingerprint density at radius 2 is 1.41 bits per heavy atom. The molecule has 9 heteroatoms. The number of halogens is 1. The van der Waals surface area contributed by atoms with Crippen LogP contribution in [0.4, 0.5) is 0 Å². The van der Waals surface area contributed by atoms with Gasteiger partial charge in [-0.1, -0.05) is 40.8 Å². The minimum absolute atomic E-state index is 0.426. The van der Waals surface area contributed by atoms with Crippen LogP contribution in [0.3, 0.4) is 0 Å². The number of ether oxygens (including phenoxy) is 5. The van der Waals surface area contributed by atoms with Crippen molar-refractivity contribution in [3.63, 3.8) is 0 Å². The molecule has 0 amide bonds. The van der Waals surface area contributed by atoms with Crippen molar-refractivity contribution in [2.75, 3.05) is 4.43 Å². The predicted octanol–water partition coefficient (Wildman–Crippen LogP) is 2.02. The van der Waals surface area contributed by atoms with Crippen LogP contribution in [0.2, 0.25) is 0 Å². The van der Waals surface area contributed by atoms with Crippen LogP contribution >= 0.6 is 22.6 Å². The monoisotopic (exact) mass is 492 g/mol. The molecule has 0 bridgehead atoms. The lowest BCUT2D eigenvalue weighted by Gasteiger charge is -2.43. The Balaban J connectivity index is 2.38. The van der Waals surface area contributed by atoms with Gasteiger partial charge in [0, 0.05) is 25.2 Å². The van der Waals surface area contributed by atoms with E-state index in [-0.39, 0.29) is 0 Å². The first-order valence-corrected chi connectivity index (χ1v) is 9.79. The van der Waals surface area contributed by atoms with Gasteiger partial charge in [0.1, 0.15) is 11.9 Å². The summed E-state index contributed by atoms with van der Waals surface area (Å²) in [6.07, 6.45) is -4.80. The summed E-state index contributed by atoms with van der Waals surface area (Å²) in [7, 11) is 0. The van der Waals surface area contributed by atoms with Crippen molar-refractivity contribution >= 4 is 40.5 Å². The average molecular weight is 492 g/mol. The molecule has 1 aromatic rings. The number of carbonyl (C=O) groups excluding carboxylic acids is 3. The Kier molecular flexibility index (Phi) is 7.84. The summed E-state index contributed by atoms with van der Waals surface area (Å²) in [4.78, 5) is 34.8. The highest BCUT2D eigenvalue weighted by Crippen LogP contribution is 2.31. The molecule has 148 valence electrons. The SMILES string of the molecule is CC(=O)O[C@H]1[C@@H](OC(C)=O)[C@@H](CI)O[C@H](Oc2ccccc2)[C@@H]1OC(C)=O. The second kappa shape index (κ2) is 9.88. The van der Waals surface area contributed by atoms with Gasteiger partial charge in [-0.2, -0.15) is 0 Å². The molecule has 0 N–H and O–H groups in total. The summed E-state index contributed by atoms with van der Waals surface area (Å²) in [5.74, 6) is -1.31. The smallest absolute Gasteiger partial charge is 0.303 e. The second-order valence-corrected chi connectivity index (χ2v) is 6.73. The summed E-state index contributed by atoms with van der Waals surface area (Å²) in [6, 6.07) is 8.81. The summed E-state index contributed by atoms with van der Waals surface area (Å²) < 4.78 is 28.2. The number of para-hydroxylation sites is 1. The molecule has 5 atom stereocenters. The van der Waals surface area contributed by atoms with Gasteiger partial charge >= 0.3 is 17.9 Å². The number of benzene rings is 1. The largest absolute Gasteiger partial charge is 0.461 e. The maximum Gasteiger partial charge on any atom is 0.303 e. The maximum absolute atomic E-state index is 11.6. The molecule has 1 saturated heterocycles.